The highest BCUT2D eigenvalue weighted by Gasteiger charge is 2.13. The Kier molecular flexibility index (Phi) is 6.47. The second kappa shape index (κ2) is 8.60. The van der Waals surface area contributed by atoms with E-state index in [-0.39, 0.29) is 0 Å². The molecule has 0 aliphatic heterocycles. The average molecular weight is 297 g/mol. The normalized spacial score (nSPS) is 12.1. The second-order valence-electron chi connectivity index (χ2n) is 5.85. The van der Waals surface area contributed by atoms with Crippen molar-refractivity contribution in [2.24, 2.45) is 5.73 Å². The molecule has 0 fully saturated rings. The Hall–Kier alpha value is -1.80. The molecule has 118 valence electrons. The third-order valence-corrected chi connectivity index (χ3v) is 4.05. The maximum absolute atomic E-state index is 5.92. The van der Waals surface area contributed by atoms with Gasteiger partial charge in [-0.05, 0) is 74.0 Å². The first kappa shape index (κ1) is 16.6. The van der Waals surface area contributed by atoms with Crippen LogP contribution in [0.1, 0.15) is 49.7 Å². The molecular weight excluding hydrogens is 270 g/mol. The molecule has 2 nitrogen and oxygen atoms in total. The van der Waals surface area contributed by atoms with Gasteiger partial charge >= 0.3 is 0 Å². The predicted octanol–water partition coefficient (Wildman–Crippen LogP) is 5.41. The summed E-state index contributed by atoms with van der Waals surface area (Å²) in [5, 5.41) is 0. The molecule has 0 aliphatic carbocycles. The van der Waals surface area contributed by atoms with Crippen molar-refractivity contribution < 1.29 is 4.74 Å². The lowest BCUT2D eigenvalue weighted by atomic mass is 9.87. The second-order valence-corrected chi connectivity index (χ2v) is 5.85. The van der Waals surface area contributed by atoms with Gasteiger partial charge in [-0.1, -0.05) is 37.6 Å². The summed E-state index contributed by atoms with van der Waals surface area (Å²) in [6.07, 6.45) is 4.69. The number of ether oxygens (including phenoxy) is 1. The van der Waals surface area contributed by atoms with Crippen LogP contribution >= 0.6 is 0 Å². The van der Waals surface area contributed by atoms with E-state index in [4.69, 9.17) is 10.5 Å². The quantitative estimate of drug-likeness (QED) is 0.707. The number of nitrogens with two attached hydrogens (primary N) is 1. The molecule has 2 rings (SSSR count). The molecule has 1 unspecified atom stereocenters. The Bertz CT molecular complexity index is 565. The van der Waals surface area contributed by atoms with Gasteiger partial charge in [0, 0.05) is 0 Å². The monoisotopic (exact) mass is 297 g/mol. The van der Waals surface area contributed by atoms with Crippen LogP contribution in [-0.2, 0) is 0 Å². The van der Waals surface area contributed by atoms with Gasteiger partial charge in [0.1, 0.15) is 11.5 Å². The summed E-state index contributed by atoms with van der Waals surface area (Å²) in [7, 11) is 0. The van der Waals surface area contributed by atoms with Gasteiger partial charge in [-0.3, -0.25) is 0 Å². The van der Waals surface area contributed by atoms with Gasteiger partial charge in [-0.2, -0.15) is 0 Å². The molecule has 0 aromatic heterocycles. The Morgan fingerprint density at radius 2 is 1.77 bits per heavy atom. The molecule has 0 amide bonds. The van der Waals surface area contributed by atoms with Crippen molar-refractivity contribution in [3.63, 3.8) is 0 Å². The number of hydrogen-bond acceptors (Lipinski definition) is 2. The summed E-state index contributed by atoms with van der Waals surface area (Å²) >= 11 is 0. The van der Waals surface area contributed by atoms with Gasteiger partial charge in [0.15, 0.2) is 0 Å². The van der Waals surface area contributed by atoms with E-state index in [1.54, 1.807) is 0 Å². The first-order valence-electron chi connectivity index (χ1n) is 8.28. The molecule has 0 radical (unpaired) electrons. The van der Waals surface area contributed by atoms with E-state index in [9.17, 15) is 0 Å². The largest absolute Gasteiger partial charge is 0.457 e. The van der Waals surface area contributed by atoms with E-state index in [1.807, 2.05) is 30.3 Å². The SMILES string of the molecule is CCCC(CCCN)c1ccc(Oc2ccccc2)cc1C. The van der Waals surface area contributed by atoms with Crippen molar-refractivity contribution in [1.82, 2.24) is 0 Å². The summed E-state index contributed by atoms with van der Waals surface area (Å²) < 4.78 is 5.92. The molecule has 22 heavy (non-hydrogen) atoms. The Balaban J connectivity index is 2.13. The fraction of sp³-hybridized carbons (Fsp3) is 0.400. The van der Waals surface area contributed by atoms with Crippen molar-refractivity contribution in [1.29, 1.82) is 0 Å². The molecular formula is C20H27NO. The number of para-hydroxylation sites is 1. The molecule has 0 saturated carbocycles. The highest BCUT2D eigenvalue weighted by atomic mass is 16.5. The molecule has 0 heterocycles. The van der Waals surface area contributed by atoms with Gasteiger partial charge in [0.2, 0.25) is 0 Å². The van der Waals surface area contributed by atoms with Crippen LogP contribution in [0.5, 0.6) is 11.5 Å². The third kappa shape index (κ3) is 4.60. The van der Waals surface area contributed by atoms with E-state index in [1.165, 1.54) is 30.4 Å². The summed E-state index contributed by atoms with van der Waals surface area (Å²) in [6, 6.07) is 16.4. The minimum atomic E-state index is 0.610. The topological polar surface area (TPSA) is 35.2 Å². The maximum Gasteiger partial charge on any atom is 0.127 e. The van der Waals surface area contributed by atoms with Gasteiger partial charge in [0.25, 0.3) is 0 Å². The van der Waals surface area contributed by atoms with E-state index < -0.39 is 0 Å². The highest BCUT2D eigenvalue weighted by Crippen LogP contribution is 2.32. The van der Waals surface area contributed by atoms with Crippen molar-refractivity contribution in [2.75, 3.05) is 6.54 Å². The smallest absolute Gasteiger partial charge is 0.127 e. The summed E-state index contributed by atoms with van der Waals surface area (Å²) in [6.45, 7) is 5.20. The fourth-order valence-electron chi connectivity index (χ4n) is 2.96. The average Bonchev–Trinajstić information content (AvgIpc) is 2.53. The van der Waals surface area contributed by atoms with Crippen LogP contribution in [0.4, 0.5) is 0 Å². The third-order valence-electron chi connectivity index (χ3n) is 4.05. The van der Waals surface area contributed by atoms with Crippen LogP contribution in [0.3, 0.4) is 0 Å². The van der Waals surface area contributed by atoms with Crippen molar-refractivity contribution in [3.8, 4) is 11.5 Å². The zero-order valence-electron chi connectivity index (χ0n) is 13.7. The van der Waals surface area contributed by atoms with Gasteiger partial charge in [-0.15, -0.1) is 0 Å². The zero-order valence-corrected chi connectivity index (χ0v) is 13.7. The first-order valence-corrected chi connectivity index (χ1v) is 8.28. The van der Waals surface area contributed by atoms with E-state index in [0.29, 0.717) is 5.92 Å². The van der Waals surface area contributed by atoms with Crippen molar-refractivity contribution in [3.05, 3.63) is 59.7 Å². The number of aryl methyl sites for hydroxylation is 1. The predicted molar refractivity (Wildman–Crippen MR) is 93.6 cm³/mol. The molecule has 2 aromatic carbocycles. The summed E-state index contributed by atoms with van der Waals surface area (Å²) in [5.41, 5.74) is 8.43. The molecule has 2 aromatic rings. The van der Waals surface area contributed by atoms with Crippen LogP contribution < -0.4 is 10.5 Å². The van der Waals surface area contributed by atoms with E-state index in [0.717, 1.165) is 24.5 Å². The molecule has 0 aliphatic rings. The molecule has 2 N–H and O–H groups in total. The van der Waals surface area contributed by atoms with Gasteiger partial charge < -0.3 is 10.5 Å². The van der Waals surface area contributed by atoms with Gasteiger partial charge in [-0.25, -0.2) is 0 Å². The van der Waals surface area contributed by atoms with Crippen LogP contribution in [-0.4, -0.2) is 6.54 Å². The first-order chi connectivity index (χ1) is 10.7. The zero-order chi connectivity index (χ0) is 15.8. The van der Waals surface area contributed by atoms with Crippen LogP contribution in [0.25, 0.3) is 0 Å². The van der Waals surface area contributed by atoms with Crippen LogP contribution in [0.2, 0.25) is 0 Å². The minimum Gasteiger partial charge on any atom is -0.457 e. The Morgan fingerprint density at radius 1 is 1.00 bits per heavy atom. The van der Waals surface area contributed by atoms with Crippen LogP contribution in [0.15, 0.2) is 48.5 Å². The maximum atomic E-state index is 5.92. The molecule has 0 saturated heterocycles. The summed E-state index contributed by atoms with van der Waals surface area (Å²) in [5.74, 6) is 2.39. The molecule has 1 atom stereocenters. The molecule has 0 spiro atoms. The summed E-state index contributed by atoms with van der Waals surface area (Å²) in [4.78, 5) is 0. The van der Waals surface area contributed by atoms with E-state index >= 15 is 0 Å². The molecule has 0 bridgehead atoms. The fourth-order valence-corrected chi connectivity index (χ4v) is 2.96. The van der Waals surface area contributed by atoms with E-state index in [2.05, 4.69) is 32.0 Å². The van der Waals surface area contributed by atoms with Gasteiger partial charge in [0.05, 0.1) is 0 Å². The Labute approximate surface area is 134 Å². The lowest BCUT2D eigenvalue weighted by Gasteiger charge is -2.19. The number of hydrogen-bond donors (Lipinski definition) is 1. The van der Waals surface area contributed by atoms with Crippen molar-refractivity contribution >= 4 is 0 Å². The lowest BCUT2D eigenvalue weighted by molar-refractivity contribution is 0.480. The van der Waals surface area contributed by atoms with Crippen molar-refractivity contribution in [2.45, 2.75) is 45.4 Å². The highest BCUT2D eigenvalue weighted by molar-refractivity contribution is 5.39. The van der Waals surface area contributed by atoms with Crippen LogP contribution in [0, 0.1) is 6.92 Å². The number of benzene rings is 2. The standard InChI is InChI=1S/C20H27NO/c1-3-8-17(9-7-14-21)20-13-12-19(15-16(20)2)22-18-10-5-4-6-11-18/h4-6,10-13,15,17H,3,7-9,14,21H2,1-2H3. The number of rotatable bonds is 8. The minimum absolute atomic E-state index is 0.610. The Morgan fingerprint density at radius 3 is 2.41 bits per heavy atom. The lowest BCUT2D eigenvalue weighted by Crippen LogP contribution is -2.06. The molecule has 2 heteroatoms.